The maximum Gasteiger partial charge on any atom is 0.319 e. The summed E-state index contributed by atoms with van der Waals surface area (Å²) in [5, 5.41) is 10.1. The van der Waals surface area contributed by atoms with Crippen molar-refractivity contribution in [1.29, 1.82) is 0 Å². The summed E-state index contributed by atoms with van der Waals surface area (Å²) in [6.45, 7) is 2.96. The fraction of sp³-hybridized carbons (Fsp3) is 0.250. The van der Waals surface area contributed by atoms with E-state index in [1.807, 2.05) is 34.5 Å². The standard InChI is InChI=1S/C24H26N6O3S/c31-22(30-14-12-29(13-15-30)21-8-1-2-10-25-21)9-11-26-24(33)28-19-6-3-5-18(17-19)27-23(32)20-7-4-16-34-20/h1-8,10,16-17H,9,11-15H2,(H,27,32)(H2,26,28,33). The van der Waals surface area contributed by atoms with Gasteiger partial charge in [-0.15, -0.1) is 11.3 Å². The number of anilines is 3. The minimum Gasteiger partial charge on any atom is -0.353 e. The van der Waals surface area contributed by atoms with Crippen molar-refractivity contribution in [2.75, 3.05) is 48.3 Å². The van der Waals surface area contributed by atoms with Gasteiger partial charge in [0, 0.05) is 56.7 Å². The largest absolute Gasteiger partial charge is 0.353 e. The van der Waals surface area contributed by atoms with Crippen LogP contribution in [0.25, 0.3) is 0 Å². The maximum atomic E-state index is 12.5. The maximum absolute atomic E-state index is 12.5. The molecule has 1 aliphatic heterocycles. The molecular weight excluding hydrogens is 452 g/mol. The Balaban J connectivity index is 1.17. The Morgan fingerprint density at radius 3 is 2.41 bits per heavy atom. The third kappa shape index (κ3) is 6.32. The van der Waals surface area contributed by atoms with Crippen LogP contribution in [0.15, 0.2) is 66.2 Å². The van der Waals surface area contributed by atoms with E-state index >= 15 is 0 Å². The van der Waals surface area contributed by atoms with Gasteiger partial charge in [-0.25, -0.2) is 9.78 Å². The summed E-state index contributed by atoms with van der Waals surface area (Å²) < 4.78 is 0. The number of carbonyl (C=O) groups excluding carboxylic acids is 3. The molecule has 0 aliphatic carbocycles. The lowest BCUT2D eigenvalue weighted by Gasteiger charge is -2.35. The number of thiophene rings is 1. The molecule has 1 aliphatic rings. The van der Waals surface area contributed by atoms with Gasteiger partial charge in [0.2, 0.25) is 5.91 Å². The number of urea groups is 1. The first-order valence-electron chi connectivity index (χ1n) is 11.0. The summed E-state index contributed by atoms with van der Waals surface area (Å²) in [6, 6.07) is 15.9. The highest BCUT2D eigenvalue weighted by molar-refractivity contribution is 7.12. The number of nitrogens with one attached hydrogen (secondary N) is 3. The summed E-state index contributed by atoms with van der Waals surface area (Å²) in [6.07, 6.45) is 1.99. The molecule has 3 heterocycles. The molecule has 0 atom stereocenters. The van der Waals surface area contributed by atoms with Crippen molar-refractivity contribution in [2.45, 2.75) is 6.42 Å². The van der Waals surface area contributed by atoms with Gasteiger partial charge in [-0.1, -0.05) is 18.2 Å². The molecule has 0 unspecified atom stereocenters. The van der Waals surface area contributed by atoms with Crippen molar-refractivity contribution < 1.29 is 14.4 Å². The van der Waals surface area contributed by atoms with Gasteiger partial charge in [-0.2, -0.15) is 0 Å². The number of pyridine rings is 1. The van der Waals surface area contributed by atoms with E-state index in [9.17, 15) is 14.4 Å². The first kappa shape index (κ1) is 23.2. The second-order valence-corrected chi connectivity index (χ2v) is 8.65. The van der Waals surface area contributed by atoms with Crippen molar-refractivity contribution in [3.63, 3.8) is 0 Å². The van der Waals surface area contributed by atoms with Crippen molar-refractivity contribution in [2.24, 2.45) is 0 Å². The molecule has 0 saturated carbocycles. The number of hydrogen-bond donors (Lipinski definition) is 3. The number of nitrogens with zero attached hydrogens (tertiary/aromatic N) is 3. The quantitative estimate of drug-likeness (QED) is 0.483. The highest BCUT2D eigenvalue weighted by Gasteiger charge is 2.21. The Labute approximate surface area is 201 Å². The number of benzene rings is 1. The Morgan fingerprint density at radius 2 is 1.71 bits per heavy atom. The Hall–Kier alpha value is -3.92. The van der Waals surface area contributed by atoms with E-state index in [0.29, 0.717) is 29.3 Å². The highest BCUT2D eigenvalue weighted by Crippen LogP contribution is 2.18. The Bertz CT molecular complexity index is 1110. The highest BCUT2D eigenvalue weighted by atomic mass is 32.1. The first-order valence-corrected chi connectivity index (χ1v) is 11.9. The number of amides is 4. The van der Waals surface area contributed by atoms with Gasteiger partial charge in [0.1, 0.15) is 5.82 Å². The number of hydrogen-bond acceptors (Lipinski definition) is 6. The molecule has 2 aromatic heterocycles. The topological polar surface area (TPSA) is 107 Å². The molecule has 1 saturated heterocycles. The van der Waals surface area contributed by atoms with Crippen molar-refractivity contribution >= 4 is 46.4 Å². The van der Waals surface area contributed by atoms with Crippen LogP contribution in [-0.2, 0) is 4.79 Å². The van der Waals surface area contributed by atoms with Gasteiger partial charge >= 0.3 is 6.03 Å². The minimum absolute atomic E-state index is 0.0132. The van der Waals surface area contributed by atoms with Gasteiger partial charge in [0.05, 0.1) is 4.88 Å². The van der Waals surface area contributed by atoms with Gasteiger partial charge in [-0.3, -0.25) is 9.59 Å². The molecule has 0 spiro atoms. The molecule has 0 radical (unpaired) electrons. The predicted molar refractivity (Wildman–Crippen MR) is 133 cm³/mol. The number of aromatic nitrogens is 1. The summed E-state index contributed by atoms with van der Waals surface area (Å²) in [4.78, 5) is 45.9. The first-order chi connectivity index (χ1) is 16.6. The zero-order valence-corrected chi connectivity index (χ0v) is 19.4. The van der Waals surface area contributed by atoms with Crippen molar-refractivity contribution in [3.05, 3.63) is 71.1 Å². The van der Waals surface area contributed by atoms with Crippen LogP contribution < -0.4 is 20.9 Å². The van der Waals surface area contributed by atoms with E-state index in [1.165, 1.54) is 11.3 Å². The van der Waals surface area contributed by atoms with Crippen LogP contribution in [0.4, 0.5) is 22.0 Å². The van der Waals surface area contributed by atoms with Gasteiger partial charge < -0.3 is 25.8 Å². The van der Waals surface area contributed by atoms with E-state index < -0.39 is 6.03 Å². The van der Waals surface area contributed by atoms with Crippen LogP contribution in [0.3, 0.4) is 0 Å². The smallest absolute Gasteiger partial charge is 0.319 e. The average Bonchev–Trinajstić information content (AvgIpc) is 3.40. The zero-order valence-electron chi connectivity index (χ0n) is 18.6. The predicted octanol–water partition coefficient (Wildman–Crippen LogP) is 3.26. The number of rotatable bonds is 7. The van der Waals surface area contributed by atoms with Crippen molar-refractivity contribution in [3.8, 4) is 0 Å². The number of piperazine rings is 1. The minimum atomic E-state index is -0.408. The Kier molecular flexibility index (Phi) is 7.71. The molecule has 4 amide bonds. The molecule has 1 aromatic carbocycles. The van der Waals surface area contributed by atoms with Crippen molar-refractivity contribution in [1.82, 2.24) is 15.2 Å². The molecular formula is C24H26N6O3S. The lowest BCUT2D eigenvalue weighted by molar-refractivity contribution is -0.131. The normalized spacial score (nSPS) is 13.3. The van der Waals surface area contributed by atoms with E-state index in [4.69, 9.17) is 0 Å². The van der Waals surface area contributed by atoms with Crippen LogP contribution >= 0.6 is 11.3 Å². The summed E-state index contributed by atoms with van der Waals surface area (Å²) in [5.74, 6) is 0.735. The monoisotopic (exact) mass is 478 g/mol. The molecule has 3 N–H and O–H groups in total. The molecule has 0 bridgehead atoms. The molecule has 3 aromatic rings. The van der Waals surface area contributed by atoms with Crippen LogP contribution in [0.2, 0.25) is 0 Å². The SMILES string of the molecule is O=C(NCCC(=O)N1CCN(c2ccccn2)CC1)Nc1cccc(NC(=O)c2cccs2)c1. The third-order valence-corrected chi connectivity index (χ3v) is 6.22. The molecule has 1 fully saturated rings. The molecule has 4 rings (SSSR count). The Morgan fingerprint density at radius 1 is 0.912 bits per heavy atom. The lowest BCUT2D eigenvalue weighted by atomic mass is 10.2. The van der Waals surface area contributed by atoms with Gasteiger partial charge in [-0.05, 0) is 41.8 Å². The average molecular weight is 479 g/mol. The fourth-order valence-corrected chi connectivity index (χ4v) is 4.24. The van der Waals surface area contributed by atoms with Crippen LogP contribution in [0.5, 0.6) is 0 Å². The third-order valence-electron chi connectivity index (χ3n) is 5.35. The summed E-state index contributed by atoms with van der Waals surface area (Å²) in [5.41, 5.74) is 1.12. The van der Waals surface area contributed by atoms with Crippen LogP contribution in [0, 0.1) is 0 Å². The van der Waals surface area contributed by atoms with E-state index in [-0.39, 0.29) is 24.8 Å². The van der Waals surface area contributed by atoms with Crippen LogP contribution in [-0.4, -0.2) is 60.5 Å². The van der Waals surface area contributed by atoms with Crippen LogP contribution in [0.1, 0.15) is 16.1 Å². The van der Waals surface area contributed by atoms with Gasteiger partial charge in [0.25, 0.3) is 5.91 Å². The van der Waals surface area contributed by atoms with E-state index in [2.05, 4.69) is 25.8 Å². The fourth-order valence-electron chi connectivity index (χ4n) is 3.62. The molecule has 9 nitrogen and oxygen atoms in total. The van der Waals surface area contributed by atoms with E-state index in [0.717, 1.165) is 18.9 Å². The molecule has 10 heteroatoms. The lowest BCUT2D eigenvalue weighted by Crippen LogP contribution is -2.49. The second kappa shape index (κ2) is 11.3. The van der Waals surface area contributed by atoms with E-state index in [1.54, 1.807) is 36.5 Å². The molecule has 34 heavy (non-hydrogen) atoms. The summed E-state index contributed by atoms with van der Waals surface area (Å²) in [7, 11) is 0. The number of carbonyl (C=O) groups is 3. The second-order valence-electron chi connectivity index (χ2n) is 7.70. The molecule has 176 valence electrons. The zero-order chi connectivity index (χ0) is 23.8. The summed E-state index contributed by atoms with van der Waals surface area (Å²) >= 11 is 1.36. The van der Waals surface area contributed by atoms with Gasteiger partial charge in [0.15, 0.2) is 0 Å².